The van der Waals surface area contributed by atoms with Gasteiger partial charge in [0, 0.05) is 70.3 Å². The van der Waals surface area contributed by atoms with Gasteiger partial charge in [-0.3, -0.25) is 4.90 Å². The zero-order chi connectivity index (χ0) is 39.0. The average Bonchev–Trinajstić information content (AvgIpc) is 3.85. The van der Waals surface area contributed by atoms with Gasteiger partial charge in [0.15, 0.2) is 17.2 Å². The maximum atomic E-state index is 11.6. The molecule has 1 N–H and O–H groups in total. The summed E-state index contributed by atoms with van der Waals surface area (Å²) in [7, 11) is -8.82. The van der Waals surface area contributed by atoms with Gasteiger partial charge < -0.3 is 32.3 Å². The van der Waals surface area contributed by atoms with Crippen LogP contribution in [0.5, 0.6) is 11.5 Å². The molecular formula is C42H39N2O10S2-. The molecule has 9 rings (SSSR count). The summed E-state index contributed by atoms with van der Waals surface area (Å²) < 4.78 is 94.9. The molecule has 0 saturated carbocycles. The van der Waals surface area contributed by atoms with E-state index in [0.717, 1.165) is 67.3 Å². The number of ether oxygens (including phenoxy) is 2. The topological polar surface area (TPSA) is 167 Å². The Morgan fingerprint density at radius 1 is 0.786 bits per heavy atom. The number of hydrogen-bond donors (Lipinski definition) is 1. The van der Waals surface area contributed by atoms with Gasteiger partial charge in [0.05, 0.1) is 32.5 Å². The van der Waals surface area contributed by atoms with Crippen LogP contribution in [0.25, 0.3) is 43.9 Å². The molecule has 6 aromatic rings. The average molecular weight is 796 g/mol. The lowest BCUT2D eigenvalue weighted by molar-refractivity contribution is -0.862. The van der Waals surface area contributed by atoms with E-state index < -0.39 is 38.0 Å². The van der Waals surface area contributed by atoms with Crippen molar-refractivity contribution in [2.24, 2.45) is 5.41 Å². The molecule has 2 atom stereocenters. The Balaban J connectivity index is 1.07. The molecule has 2 aliphatic heterocycles. The van der Waals surface area contributed by atoms with Crippen LogP contribution in [0.2, 0.25) is 0 Å². The number of nitrogens with one attached hydrogen (secondary N) is 1. The first-order valence-electron chi connectivity index (χ1n) is 18.6. The van der Waals surface area contributed by atoms with Crippen molar-refractivity contribution in [3.05, 3.63) is 108 Å². The summed E-state index contributed by atoms with van der Waals surface area (Å²) in [4.78, 5) is 2.77. The molecule has 1 aliphatic carbocycles. The number of hydrogen-bond acceptors (Lipinski definition) is 11. The van der Waals surface area contributed by atoms with Crippen LogP contribution in [-0.4, -0.2) is 56.8 Å². The molecule has 4 aromatic carbocycles. The van der Waals surface area contributed by atoms with Gasteiger partial charge in [0.25, 0.3) is 6.23 Å². The zero-order valence-corrected chi connectivity index (χ0v) is 32.4. The van der Waals surface area contributed by atoms with Gasteiger partial charge in [-0.1, -0.05) is 56.3 Å². The van der Waals surface area contributed by atoms with E-state index in [1.165, 1.54) is 0 Å². The lowest BCUT2D eigenvalue weighted by Crippen LogP contribution is -3.10. The number of rotatable bonds is 10. The van der Waals surface area contributed by atoms with Crippen LogP contribution in [0.1, 0.15) is 39.5 Å². The smallest absolute Gasteiger partial charge is 0.257 e. The number of allylic oxidation sites excluding steroid dienone is 4. The maximum Gasteiger partial charge on any atom is 0.257 e. The first-order chi connectivity index (χ1) is 26.7. The third kappa shape index (κ3) is 7.19. The second-order valence-corrected chi connectivity index (χ2v) is 18.7. The number of quaternary nitrogens is 1. The summed E-state index contributed by atoms with van der Waals surface area (Å²) in [5, 5.41) is 3.72. The first-order valence-corrected chi connectivity index (χ1v) is 21.7. The summed E-state index contributed by atoms with van der Waals surface area (Å²) in [5.74, 6) is 0.787. The van der Waals surface area contributed by atoms with Crippen molar-refractivity contribution in [1.29, 1.82) is 0 Å². The van der Waals surface area contributed by atoms with Gasteiger partial charge in [0.1, 0.15) is 22.3 Å². The Morgan fingerprint density at radius 2 is 1.41 bits per heavy atom. The summed E-state index contributed by atoms with van der Waals surface area (Å²) >= 11 is 0. The summed E-state index contributed by atoms with van der Waals surface area (Å²) in [6.45, 7) is 4.94. The molecule has 2 unspecified atom stereocenters. The van der Waals surface area contributed by atoms with Gasteiger partial charge in [-0.25, -0.2) is 16.8 Å². The Labute approximate surface area is 323 Å². The minimum atomic E-state index is -4.42. The number of anilines is 1. The molecule has 0 radical (unpaired) electrons. The number of benzene rings is 4. The van der Waals surface area contributed by atoms with Gasteiger partial charge in [0.2, 0.25) is 5.88 Å². The van der Waals surface area contributed by atoms with Crippen molar-refractivity contribution in [2.45, 2.75) is 45.8 Å². The summed E-state index contributed by atoms with van der Waals surface area (Å²) in [6.07, 6.45) is 7.35. The normalized spacial score (nSPS) is 20.9. The molecule has 4 heterocycles. The Bertz CT molecular complexity index is 2880. The lowest BCUT2D eigenvalue weighted by Gasteiger charge is -2.31. The quantitative estimate of drug-likeness (QED) is 0.142. The lowest BCUT2D eigenvalue weighted by atomic mass is 9.75. The standard InChI is InChI=1S/C42H40N2O10S2/c1-42(2)24-26(18-40-43(13-7-15-55(45,46)47)32-22-36-30(20-38(32)53-40)28-9-3-5-11-34(28)51-36)17-27(25-42)19-41-44(14-8-16-56(48,49)50)33-23-37-31(21-39(33)54-41)29-10-4-6-12-35(29)52-37/h3-6,9-12,17-23,40H,7-8,13-16,24-25H2,1-2H3,(H,45,46,47)(H,48,49,50)/p-1. The fourth-order valence-corrected chi connectivity index (χ4v) is 9.41. The fourth-order valence-electron chi connectivity index (χ4n) is 8.43. The van der Waals surface area contributed by atoms with Crippen molar-refractivity contribution in [1.82, 2.24) is 0 Å². The van der Waals surface area contributed by atoms with E-state index in [-0.39, 0.29) is 24.8 Å². The zero-order valence-electron chi connectivity index (χ0n) is 30.7. The van der Waals surface area contributed by atoms with Crippen LogP contribution < -0.4 is 19.3 Å². The van der Waals surface area contributed by atoms with Gasteiger partial charge in [-0.05, 0) is 60.1 Å². The van der Waals surface area contributed by atoms with Gasteiger partial charge in [-0.15, -0.1) is 0 Å². The van der Waals surface area contributed by atoms with Crippen molar-refractivity contribution >= 4 is 75.5 Å². The highest BCUT2D eigenvalue weighted by molar-refractivity contribution is 7.85. The van der Waals surface area contributed by atoms with Crippen molar-refractivity contribution in [3.63, 3.8) is 0 Å². The highest BCUT2D eigenvalue weighted by atomic mass is 32.2. The number of fused-ring (bicyclic) bond motifs is 8. The van der Waals surface area contributed by atoms with E-state index in [1.54, 1.807) is 0 Å². The summed E-state index contributed by atoms with van der Waals surface area (Å²) in [5.41, 5.74) is 6.22. The van der Waals surface area contributed by atoms with E-state index in [2.05, 4.69) is 26.0 Å². The second kappa shape index (κ2) is 13.5. The third-order valence-corrected chi connectivity index (χ3v) is 12.3. The van der Waals surface area contributed by atoms with E-state index in [4.69, 9.17) is 18.3 Å². The van der Waals surface area contributed by atoms with Gasteiger partial charge in [-0.2, -0.15) is 0 Å². The van der Waals surface area contributed by atoms with E-state index in [9.17, 15) is 25.9 Å². The van der Waals surface area contributed by atoms with Crippen LogP contribution in [0, 0.1) is 5.41 Å². The molecule has 0 saturated heterocycles. The van der Waals surface area contributed by atoms with Crippen molar-refractivity contribution in [3.8, 4) is 11.5 Å². The minimum Gasteiger partial charge on any atom is -0.748 e. The fraction of sp³-hybridized carbons (Fsp3) is 0.286. The minimum absolute atomic E-state index is 0.103. The molecule has 0 fully saturated rings. The van der Waals surface area contributed by atoms with Crippen LogP contribution in [0.3, 0.4) is 0 Å². The molecule has 3 aliphatic rings. The molecule has 290 valence electrons. The largest absolute Gasteiger partial charge is 0.748 e. The molecule has 0 spiro atoms. The van der Waals surface area contributed by atoms with E-state index in [0.29, 0.717) is 40.8 Å². The number of furan rings is 2. The third-order valence-electron chi connectivity index (χ3n) is 10.7. The Hall–Kier alpha value is -5.12. The van der Waals surface area contributed by atoms with Crippen molar-refractivity contribution < 1.29 is 49.1 Å². The van der Waals surface area contributed by atoms with Crippen LogP contribution in [0.4, 0.5) is 11.4 Å². The molecule has 14 heteroatoms. The Morgan fingerprint density at radius 3 is 2.09 bits per heavy atom. The Kier molecular flexibility index (Phi) is 8.82. The van der Waals surface area contributed by atoms with Crippen LogP contribution in [-0.2, 0) is 20.2 Å². The van der Waals surface area contributed by atoms with Crippen LogP contribution >= 0.6 is 0 Å². The molecule has 0 bridgehead atoms. The second-order valence-electron chi connectivity index (χ2n) is 15.6. The predicted octanol–water partition coefficient (Wildman–Crippen LogP) is 7.00. The summed E-state index contributed by atoms with van der Waals surface area (Å²) in [6, 6.07) is 23.3. The van der Waals surface area contributed by atoms with E-state index in [1.807, 2.05) is 83.8 Å². The molecule has 0 amide bonds. The van der Waals surface area contributed by atoms with Crippen molar-refractivity contribution in [2.75, 3.05) is 29.5 Å². The van der Waals surface area contributed by atoms with E-state index >= 15 is 0 Å². The predicted molar refractivity (Wildman–Crippen MR) is 211 cm³/mol. The highest BCUT2D eigenvalue weighted by Gasteiger charge is 2.38. The number of para-hydroxylation sites is 2. The van der Waals surface area contributed by atoms with Crippen LogP contribution in [0.15, 0.2) is 117 Å². The number of nitrogens with zero attached hydrogens (tertiary/aromatic N) is 1. The van der Waals surface area contributed by atoms with Gasteiger partial charge >= 0.3 is 0 Å². The maximum absolute atomic E-state index is 11.6. The molecule has 2 aromatic heterocycles. The molecular weight excluding hydrogens is 757 g/mol. The first kappa shape index (κ1) is 36.5. The monoisotopic (exact) mass is 795 g/mol. The molecule has 12 nitrogen and oxygen atoms in total. The SMILES string of the molecule is CC1(C)CC(C=C2Oc3cc4c(cc3N2CCCS(=O)(=O)[O-])oc2ccccc24)=CC(=CC2Oc3cc4c(cc3[NH+]2CCCS(=O)(=O)[O-])oc2ccccc24)C1. The highest BCUT2D eigenvalue weighted by Crippen LogP contribution is 2.46. The molecule has 56 heavy (non-hydrogen) atoms.